The molecule has 2 aliphatic heterocycles. The minimum Gasteiger partial charge on any atom is -0.366 e. The monoisotopic (exact) mass is 472 g/mol. The van der Waals surface area contributed by atoms with Crippen molar-refractivity contribution in [2.24, 2.45) is 9.98 Å². The van der Waals surface area contributed by atoms with Gasteiger partial charge in [-0.3, -0.25) is 9.98 Å². The van der Waals surface area contributed by atoms with Crippen LogP contribution in [-0.2, 0) is 0 Å². The van der Waals surface area contributed by atoms with Crippen molar-refractivity contribution in [2.75, 3.05) is 13.1 Å². The van der Waals surface area contributed by atoms with Crippen molar-refractivity contribution < 1.29 is 0 Å². The third-order valence-electron chi connectivity index (χ3n) is 7.17. The zero-order valence-corrected chi connectivity index (χ0v) is 20.4. The van der Waals surface area contributed by atoms with Crippen LogP contribution in [0.3, 0.4) is 0 Å². The van der Waals surface area contributed by atoms with Crippen molar-refractivity contribution in [3.8, 4) is 22.4 Å². The predicted octanol–water partition coefficient (Wildman–Crippen LogP) is 5.46. The number of nitrogens with one attached hydrogen (secondary N) is 4. The van der Waals surface area contributed by atoms with E-state index in [1.165, 1.54) is 27.5 Å². The summed E-state index contributed by atoms with van der Waals surface area (Å²) in [5, 5.41) is 9.31. The van der Waals surface area contributed by atoms with Crippen LogP contribution in [0.2, 0.25) is 0 Å². The Kier molecular flexibility index (Phi) is 4.74. The minimum absolute atomic E-state index is 0.398. The first-order chi connectivity index (χ1) is 17.6. The van der Waals surface area contributed by atoms with Crippen LogP contribution in [0, 0.1) is 0 Å². The van der Waals surface area contributed by atoms with Crippen LogP contribution in [0.5, 0.6) is 0 Å². The number of hydrogen-bond acceptors (Lipinski definition) is 4. The Bertz CT molecular complexity index is 1670. The zero-order valence-electron chi connectivity index (χ0n) is 20.4. The van der Waals surface area contributed by atoms with Gasteiger partial charge in [-0.25, -0.2) is 0 Å². The van der Waals surface area contributed by atoms with Gasteiger partial charge in [-0.15, -0.1) is 0 Å². The highest BCUT2D eigenvalue weighted by Gasteiger charge is 2.17. The number of H-pyrrole nitrogens is 2. The van der Waals surface area contributed by atoms with Gasteiger partial charge in [0.1, 0.15) is 11.7 Å². The largest absolute Gasteiger partial charge is 0.366 e. The van der Waals surface area contributed by atoms with Crippen molar-refractivity contribution in [1.82, 2.24) is 20.6 Å². The molecule has 0 radical (unpaired) electrons. The normalized spacial score (nSPS) is 19.4. The number of aliphatic imine (C=N–C) groups is 2. The van der Waals surface area contributed by atoms with Crippen molar-refractivity contribution in [2.45, 2.75) is 25.9 Å². The van der Waals surface area contributed by atoms with Crippen LogP contribution >= 0.6 is 0 Å². The molecule has 0 saturated heterocycles. The van der Waals surface area contributed by atoms with Gasteiger partial charge in [0.2, 0.25) is 0 Å². The van der Waals surface area contributed by atoms with Crippen molar-refractivity contribution >= 4 is 33.5 Å². The summed E-state index contributed by atoms with van der Waals surface area (Å²) in [4.78, 5) is 16.3. The maximum absolute atomic E-state index is 4.62. The molecule has 2 aromatic heterocycles. The number of benzene rings is 3. The summed E-state index contributed by atoms with van der Waals surface area (Å²) in [7, 11) is 0. The molecular formula is C30H28N6. The maximum Gasteiger partial charge on any atom is 0.128 e. The Hall–Kier alpha value is -4.32. The topological polar surface area (TPSA) is 80.4 Å². The number of amidine groups is 2. The summed E-state index contributed by atoms with van der Waals surface area (Å²) in [5.74, 6) is 1.97. The van der Waals surface area contributed by atoms with E-state index in [2.05, 4.69) is 117 Å². The van der Waals surface area contributed by atoms with E-state index in [1.54, 1.807) is 0 Å². The fourth-order valence-corrected chi connectivity index (χ4v) is 5.23. The smallest absolute Gasteiger partial charge is 0.128 e. The predicted molar refractivity (Wildman–Crippen MR) is 149 cm³/mol. The molecule has 4 heterocycles. The quantitative estimate of drug-likeness (QED) is 0.280. The number of fused-ring (bicyclic) bond motifs is 2. The second kappa shape index (κ2) is 8.12. The first-order valence-corrected chi connectivity index (χ1v) is 12.6. The summed E-state index contributed by atoms with van der Waals surface area (Å²) in [6.45, 7) is 5.97. The fraction of sp³-hybridized carbons (Fsp3) is 0.200. The van der Waals surface area contributed by atoms with Crippen LogP contribution in [0.15, 0.2) is 82.9 Å². The molecule has 36 heavy (non-hydrogen) atoms. The number of aromatic nitrogens is 2. The lowest BCUT2D eigenvalue weighted by Gasteiger charge is -2.07. The number of hydrogen-bond donors (Lipinski definition) is 4. The van der Waals surface area contributed by atoms with E-state index in [-0.39, 0.29) is 0 Å². The average Bonchev–Trinajstić information content (AvgIpc) is 3.69. The summed E-state index contributed by atoms with van der Waals surface area (Å²) in [6.07, 6.45) is 2.10. The van der Waals surface area contributed by atoms with Gasteiger partial charge >= 0.3 is 0 Å². The van der Waals surface area contributed by atoms with E-state index < -0.39 is 0 Å². The molecule has 0 bridgehead atoms. The minimum atomic E-state index is 0.398. The van der Waals surface area contributed by atoms with Crippen molar-refractivity contribution in [3.63, 3.8) is 0 Å². The van der Waals surface area contributed by atoms with Gasteiger partial charge in [-0.1, -0.05) is 48.5 Å². The lowest BCUT2D eigenvalue weighted by molar-refractivity contribution is 0.726. The van der Waals surface area contributed by atoms with Crippen LogP contribution in [0.1, 0.15) is 25.0 Å². The molecule has 2 unspecified atom stereocenters. The van der Waals surface area contributed by atoms with Crippen LogP contribution in [-0.4, -0.2) is 46.8 Å². The van der Waals surface area contributed by atoms with Crippen LogP contribution < -0.4 is 10.6 Å². The summed E-state index contributed by atoms with van der Waals surface area (Å²) < 4.78 is 0. The van der Waals surface area contributed by atoms with E-state index in [4.69, 9.17) is 0 Å². The second-order valence-corrected chi connectivity index (χ2v) is 9.99. The van der Waals surface area contributed by atoms with Gasteiger partial charge in [0.05, 0.1) is 13.1 Å². The van der Waals surface area contributed by atoms with Gasteiger partial charge < -0.3 is 20.6 Å². The molecule has 4 N–H and O–H groups in total. The Morgan fingerprint density at radius 3 is 1.94 bits per heavy atom. The van der Waals surface area contributed by atoms with Gasteiger partial charge in [0.15, 0.2) is 0 Å². The summed E-state index contributed by atoms with van der Waals surface area (Å²) >= 11 is 0. The highest BCUT2D eigenvalue weighted by Crippen LogP contribution is 2.32. The zero-order chi connectivity index (χ0) is 24.2. The fourth-order valence-electron chi connectivity index (χ4n) is 5.23. The molecule has 5 aromatic rings. The van der Waals surface area contributed by atoms with E-state index in [1.807, 2.05) is 0 Å². The van der Waals surface area contributed by atoms with Crippen LogP contribution in [0.25, 0.3) is 44.2 Å². The second-order valence-electron chi connectivity index (χ2n) is 9.99. The first kappa shape index (κ1) is 21.0. The average molecular weight is 473 g/mol. The molecule has 0 fully saturated rings. The maximum atomic E-state index is 4.62. The van der Waals surface area contributed by atoms with Gasteiger partial charge in [0.25, 0.3) is 0 Å². The summed E-state index contributed by atoms with van der Waals surface area (Å²) in [5.41, 5.74) is 9.19. The molecule has 0 aliphatic carbocycles. The van der Waals surface area contributed by atoms with E-state index in [0.717, 1.165) is 52.6 Å². The molecule has 2 aliphatic rings. The molecule has 3 aromatic carbocycles. The molecule has 0 amide bonds. The molecule has 7 rings (SSSR count). The molecule has 6 heteroatoms. The number of aromatic amines is 2. The Morgan fingerprint density at radius 1 is 0.667 bits per heavy atom. The molecule has 2 atom stereocenters. The Morgan fingerprint density at radius 2 is 1.28 bits per heavy atom. The standard InChI is InChI=1S/C30H28N6/c1-17-14-32-29(34-17)22-8-7-21-11-26(36-27(21)12-22)20-5-3-19(4-6-20)25-16-31-28-13-23(9-10-24(25)28)30-33-15-18(2)35-30/h3-13,16-18,31,36H,14-15H2,1-2H3,(H,32,34)(H,33,35). The first-order valence-electron chi connectivity index (χ1n) is 12.6. The highest BCUT2D eigenvalue weighted by atomic mass is 15.1. The molecule has 178 valence electrons. The molecular weight excluding hydrogens is 444 g/mol. The van der Waals surface area contributed by atoms with E-state index >= 15 is 0 Å². The molecule has 0 saturated carbocycles. The highest BCUT2D eigenvalue weighted by molar-refractivity contribution is 6.05. The van der Waals surface area contributed by atoms with Crippen molar-refractivity contribution in [1.29, 1.82) is 0 Å². The lowest BCUT2D eigenvalue weighted by atomic mass is 10.0. The van der Waals surface area contributed by atoms with Gasteiger partial charge in [-0.05, 0) is 43.2 Å². The SMILES string of the molecule is CC1CN=C(c2ccc3cc(-c4ccc(-c5c[nH]c6cc(C7=NCC(C)N7)ccc56)cc4)[nH]c3c2)N1. The number of nitrogens with zero attached hydrogens (tertiary/aromatic N) is 2. The molecule has 0 spiro atoms. The lowest BCUT2D eigenvalue weighted by Crippen LogP contribution is -2.27. The molecule has 6 nitrogen and oxygen atoms in total. The van der Waals surface area contributed by atoms with Gasteiger partial charge in [0, 0.05) is 62.5 Å². The van der Waals surface area contributed by atoms with Crippen molar-refractivity contribution in [3.05, 3.63) is 84.1 Å². The number of rotatable bonds is 4. The Balaban J connectivity index is 1.16. The third-order valence-corrected chi connectivity index (χ3v) is 7.17. The van der Waals surface area contributed by atoms with Gasteiger partial charge in [-0.2, -0.15) is 0 Å². The van der Waals surface area contributed by atoms with E-state index in [9.17, 15) is 0 Å². The third kappa shape index (κ3) is 3.57. The Labute approximate surface area is 209 Å². The van der Waals surface area contributed by atoms with Crippen LogP contribution in [0.4, 0.5) is 0 Å². The summed E-state index contributed by atoms with van der Waals surface area (Å²) in [6, 6.07) is 24.8. The van der Waals surface area contributed by atoms with E-state index in [0.29, 0.717) is 12.1 Å².